The molecule has 0 amide bonds. The molecule has 2 aromatic rings. The lowest BCUT2D eigenvalue weighted by Crippen LogP contribution is -2.24. The van der Waals surface area contributed by atoms with Gasteiger partial charge in [-0.2, -0.15) is 4.98 Å². The lowest BCUT2D eigenvalue weighted by atomic mass is 10.2. The molecule has 6 heteroatoms. The van der Waals surface area contributed by atoms with Crippen LogP contribution in [0.25, 0.3) is 0 Å². The molecule has 6 nitrogen and oxygen atoms in total. The molecule has 0 radical (unpaired) electrons. The number of benzene rings is 1. The summed E-state index contributed by atoms with van der Waals surface area (Å²) in [4.78, 5) is 13.6. The molecule has 136 valence electrons. The summed E-state index contributed by atoms with van der Waals surface area (Å²) in [5.41, 5.74) is 2.26. The van der Waals surface area contributed by atoms with Crippen LogP contribution in [0.2, 0.25) is 0 Å². The Hall–Kier alpha value is -2.44. The van der Waals surface area contributed by atoms with Gasteiger partial charge in [0.15, 0.2) is 0 Å². The molecular weight excluding hydrogens is 326 g/mol. The van der Waals surface area contributed by atoms with Gasteiger partial charge in [0, 0.05) is 38.1 Å². The molecule has 0 unspecified atom stereocenters. The van der Waals surface area contributed by atoms with Crippen molar-refractivity contribution in [2.24, 2.45) is 0 Å². The third kappa shape index (κ3) is 4.20. The molecule has 6 bridgehead atoms. The van der Waals surface area contributed by atoms with Gasteiger partial charge in [-0.15, -0.1) is 0 Å². The second-order valence-electron chi connectivity index (χ2n) is 6.92. The Morgan fingerprint density at radius 3 is 3.15 bits per heavy atom. The van der Waals surface area contributed by atoms with Gasteiger partial charge in [-0.1, -0.05) is 24.3 Å². The minimum absolute atomic E-state index is 0.259. The lowest BCUT2D eigenvalue weighted by Gasteiger charge is -2.18. The first-order valence-corrected chi connectivity index (χ1v) is 9.15. The summed E-state index contributed by atoms with van der Waals surface area (Å²) >= 11 is 0. The van der Waals surface area contributed by atoms with Gasteiger partial charge < -0.3 is 15.0 Å². The minimum Gasteiger partial charge on any atom is -0.372 e. The standard InChI is InChI=1S/C20H25N5O/c1-24-10-2-3-12-26-18-8-11-25(15-18)19-7-9-21-20(23-19)22-17-6-4-5-16(13-17)14-24/h2-7,9,13,18H,8,10-12,14-15H2,1H3,(H,21,22,23)/b3-2+/t18-/m1/s1. The first-order valence-electron chi connectivity index (χ1n) is 9.15. The van der Waals surface area contributed by atoms with Crippen molar-refractivity contribution >= 4 is 17.5 Å². The number of fused-ring (bicyclic) bond motifs is 7. The number of nitrogens with one attached hydrogen (secondary N) is 1. The van der Waals surface area contributed by atoms with E-state index in [9.17, 15) is 0 Å². The molecule has 1 atom stereocenters. The van der Waals surface area contributed by atoms with E-state index in [4.69, 9.17) is 9.72 Å². The van der Waals surface area contributed by atoms with E-state index in [1.165, 1.54) is 5.56 Å². The lowest BCUT2D eigenvalue weighted by molar-refractivity contribution is 0.0905. The number of hydrogen-bond acceptors (Lipinski definition) is 6. The molecule has 0 aliphatic carbocycles. The maximum atomic E-state index is 6.00. The molecule has 4 rings (SSSR count). The largest absolute Gasteiger partial charge is 0.372 e. The minimum atomic E-state index is 0.259. The van der Waals surface area contributed by atoms with Crippen molar-refractivity contribution < 1.29 is 4.74 Å². The van der Waals surface area contributed by atoms with E-state index in [0.29, 0.717) is 12.6 Å². The van der Waals surface area contributed by atoms with Crippen molar-refractivity contribution in [1.29, 1.82) is 0 Å². The third-order valence-corrected chi connectivity index (χ3v) is 4.76. The fourth-order valence-corrected chi connectivity index (χ4v) is 3.42. The summed E-state index contributed by atoms with van der Waals surface area (Å²) in [6, 6.07) is 10.4. The van der Waals surface area contributed by atoms with Gasteiger partial charge in [0.2, 0.25) is 5.95 Å². The highest BCUT2D eigenvalue weighted by Gasteiger charge is 2.24. The van der Waals surface area contributed by atoms with Gasteiger partial charge in [0.1, 0.15) is 5.82 Å². The van der Waals surface area contributed by atoms with Crippen LogP contribution in [0, 0.1) is 0 Å². The molecule has 0 spiro atoms. The number of ether oxygens (including phenoxy) is 1. The Bertz CT molecular complexity index is 778. The molecule has 26 heavy (non-hydrogen) atoms. The van der Waals surface area contributed by atoms with Crippen LogP contribution in [-0.4, -0.2) is 54.3 Å². The maximum Gasteiger partial charge on any atom is 0.229 e. The first-order chi connectivity index (χ1) is 12.8. The van der Waals surface area contributed by atoms with E-state index in [1.807, 2.05) is 18.3 Å². The zero-order chi connectivity index (χ0) is 17.8. The summed E-state index contributed by atoms with van der Waals surface area (Å²) in [6.45, 7) is 4.29. The number of likely N-dealkylation sites (N-methyl/N-ethyl adjacent to an activating group) is 1. The molecular formula is C20H25N5O. The Balaban J connectivity index is 1.60. The van der Waals surface area contributed by atoms with Crippen LogP contribution < -0.4 is 10.2 Å². The average molecular weight is 351 g/mol. The zero-order valence-corrected chi connectivity index (χ0v) is 15.1. The van der Waals surface area contributed by atoms with Gasteiger partial charge in [0.25, 0.3) is 0 Å². The zero-order valence-electron chi connectivity index (χ0n) is 15.1. The SMILES string of the molecule is CN1C/C=C/CO[C@@H]2CCN(C2)c2ccnc(n2)Nc2cccc(c2)C1. The smallest absolute Gasteiger partial charge is 0.229 e. The predicted molar refractivity (Wildman–Crippen MR) is 104 cm³/mol. The second-order valence-corrected chi connectivity index (χ2v) is 6.92. The normalized spacial score (nSPS) is 22.5. The van der Waals surface area contributed by atoms with Gasteiger partial charge in [-0.25, -0.2) is 4.98 Å². The molecule has 2 aliphatic heterocycles. The number of hydrogen-bond donors (Lipinski definition) is 1. The highest BCUT2D eigenvalue weighted by Crippen LogP contribution is 2.22. The fourth-order valence-electron chi connectivity index (χ4n) is 3.42. The van der Waals surface area contributed by atoms with Crippen molar-refractivity contribution in [3.63, 3.8) is 0 Å². The molecule has 1 fully saturated rings. The van der Waals surface area contributed by atoms with Crippen LogP contribution in [0.15, 0.2) is 48.7 Å². The van der Waals surface area contributed by atoms with E-state index < -0.39 is 0 Å². The predicted octanol–water partition coefficient (Wildman–Crippen LogP) is 2.82. The van der Waals surface area contributed by atoms with Crippen molar-refractivity contribution in [2.75, 3.05) is 43.5 Å². The Labute approximate surface area is 154 Å². The Morgan fingerprint density at radius 2 is 2.19 bits per heavy atom. The third-order valence-electron chi connectivity index (χ3n) is 4.76. The van der Waals surface area contributed by atoms with Crippen LogP contribution >= 0.6 is 0 Å². The van der Waals surface area contributed by atoms with Crippen LogP contribution in [0.1, 0.15) is 12.0 Å². The number of nitrogens with zero attached hydrogens (tertiary/aromatic N) is 4. The summed E-state index contributed by atoms with van der Waals surface area (Å²) in [7, 11) is 2.13. The summed E-state index contributed by atoms with van der Waals surface area (Å²) in [6.07, 6.45) is 7.41. The first kappa shape index (κ1) is 17.0. The highest BCUT2D eigenvalue weighted by atomic mass is 16.5. The van der Waals surface area contributed by atoms with Gasteiger partial charge >= 0.3 is 0 Å². The van der Waals surface area contributed by atoms with E-state index in [0.717, 1.165) is 44.1 Å². The topological polar surface area (TPSA) is 53.5 Å². The van der Waals surface area contributed by atoms with Crippen molar-refractivity contribution in [3.05, 3.63) is 54.2 Å². The highest BCUT2D eigenvalue weighted by molar-refractivity contribution is 5.56. The van der Waals surface area contributed by atoms with E-state index in [-0.39, 0.29) is 6.10 Å². The number of rotatable bonds is 0. The van der Waals surface area contributed by atoms with Gasteiger partial charge in [-0.05, 0) is 37.2 Å². The Kier molecular flexibility index (Phi) is 5.13. The second kappa shape index (κ2) is 7.85. The van der Waals surface area contributed by atoms with E-state index in [2.05, 4.69) is 57.5 Å². The van der Waals surface area contributed by atoms with Crippen molar-refractivity contribution in [1.82, 2.24) is 14.9 Å². The summed E-state index contributed by atoms with van der Waals surface area (Å²) in [5, 5.41) is 3.34. The summed E-state index contributed by atoms with van der Waals surface area (Å²) < 4.78 is 6.00. The van der Waals surface area contributed by atoms with Crippen molar-refractivity contribution in [2.45, 2.75) is 19.1 Å². The molecule has 2 aliphatic rings. The molecule has 3 heterocycles. The fraction of sp³-hybridized carbons (Fsp3) is 0.400. The van der Waals surface area contributed by atoms with E-state index in [1.54, 1.807) is 0 Å². The van der Waals surface area contributed by atoms with Crippen LogP contribution in [0.5, 0.6) is 0 Å². The van der Waals surface area contributed by atoms with E-state index >= 15 is 0 Å². The van der Waals surface area contributed by atoms with Gasteiger partial charge in [0.05, 0.1) is 12.7 Å². The van der Waals surface area contributed by atoms with Crippen LogP contribution in [0.4, 0.5) is 17.5 Å². The molecule has 1 saturated heterocycles. The van der Waals surface area contributed by atoms with Crippen LogP contribution in [0.3, 0.4) is 0 Å². The number of anilines is 3. The molecule has 1 aromatic heterocycles. The average Bonchev–Trinajstić information content (AvgIpc) is 3.10. The molecule has 1 N–H and O–H groups in total. The van der Waals surface area contributed by atoms with Crippen molar-refractivity contribution in [3.8, 4) is 0 Å². The molecule has 0 saturated carbocycles. The maximum absolute atomic E-state index is 6.00. The molecule has 1 aromatic carbocycles. The number of aromatic nitrogens is 2. The summed E-state index contributed by atoms with van der Waals surface area (Å²) in [5.74, 6) is 1.58. The Morgan fingerprint density at radius 1 is 1.23 bits per heavy atom. The van der Waals surface area contributed by atoms with Crippen LogP contribution in [-0.2, 0) is 11.3 Å². The monoisotopic (exact) mass is 351 g/mol. The van der Waals surface area contributed by atoms with Gasteiger partial charge in [-0.3, -0.25) is 4.90 Å². The quantitative estimate of drug-likeness (QED) is 0.737.